The third kappa shape index (κ3) is 1.80. The fraction of sp³-hybridized carbons (Fsp3) is 0.214. The van der Waals surface area contributed by atoms with Crippen LogP contribution in [-0.4, -0.2) is 15.1 Å². The zero-order valence-corrected chi connectivity index (χ0v) is 11.4. The Labute approximate surface area is 119 Å². The normalized spacial score (nSPS) is 17.3. The molecule has 2 N–H and O–H groups in total. The lowest BCUT2D eigenvalue weighted by atomic mass is 10.0. The molecule has 1 aliphatic carbocycles. The molecule has 6 heteroatoms. The van der Waals surface area contributed by atoms with Crippen LogP contribution in [0, 0.1) is 0 Å². The Morgan fingerprint density at radius 1 is 1.25 bits per heavy atom. The molecule has 0 bridgehead atoms. The molecule has 0 fully saturated rings. The van der Waals surface area contributed by atoms with Crippen molar-refractivity contribution in [2.75, 3.05) is 5.73 Å². The fourth-order valence-corrected chi connectivity index (χ4v) is 3.23. The van der Waals surface area contributed by atoms with Crippen LogP contribution in [0.15, 0.2) is 34.2 Å². The standard InChI is InChI=1S/C14H12N4OS/c15-14-16-11(7-20-14)13-17-12(18-19-13)10-6-5-8-3-1-2-4-9(8)10/h1-4,7,10H,5-6H2,(H2,15,16). The zero-order valence-electron chi connectivity index (χ0n) is 10.6. The third-order valence-electron chi connectivity index (χ3n) is 3.63. The smallest absolute Gasteiger partial charge is 0.277 e. The van der Waals surface area contributed by atoms with Gasteiger partial charge in [-0.05, 0) is 24.0 Å². The third-order valence-corrected chi connectivity index (χ3v) is 4.30. The van der Waals surface area contributed by atoms with Crippen LogP contribution in [0.1, 0.15) is 29.3 Å². The van der Waals surface area contributed by atoms with E-state index in [1.54, 1.807) is 0 Å². The summed E-state index contributed by atoms with van der Waals surface area (Å²) in [5, 5.41) is 6.45. The van der Waals surface area contributed by atoms with E-state index in [2.05, 4.69) is 39.4 Å². The summed E-state index contributed by atoms with van der Waals surface area (Å²) in [6, 6.07) is 8.43. The molecule has 0 aliphatic heterocycles. The predicted molar refractivity (Wildman–Crippen MR) is 76.4 cm³/mol. The van der Waals surface area contributed by atoms with Gasteiger partial charge in [-0.3, -0.25) is 0 Å². The van der Waals surface area contributed by atoms with Crippen LogP contribution in [-0.2, 0) is 6.42 Å². The highest BCUT2D eigenvalue weighted by Crippen LogP contribution is 2.37. The lowest BCUT2D eigenvalue weighted by Crippen LogP contribution is -1.98. The zero-order chi connectivity index (χ0) is 13.5. The highest BCUT2D eigenvalue weighted by molar-refractivity contribution is 7.13. The van der Waals surface area contributed by atoms with Crippen LogP contribution in [0.25, 0.3) is 11.6 Å². The first-order valence-electron chi connectivity index (χ1n) is 6.44. The summed E-state index contributed by atoms with van der Waals surface area (Å²) in [7, 11) is 0. The summed E-state index contributed by atoms with van der Waals surface area (Å²) in [6.07, 6.45) is 2.09. The number of nitrogen functional groups attached to an aromatic ring is 1. The van der Waals surface area contributed by atoms with Gasteiger partial charge in [-0.15, -0.1) is 11.3 Å². The quantitative estimate of drug-likeness (QED) is 0.783. The van der Waals surface area contributed by atoms with E-state index in [4.69, 9.17) is 10.3 Å². The van der Waals surface area contributed by atoms with E-state index < -0.39 is 0 Å². The molecule has 2 heterocycles. The molecule has 3 aromatic rings. The largest absolute Gasteiger partial charge is 0.375 e. The fourth-order valence-electron chi connectivity index (χ4n) is 2.69. The number of benzene rings is 1. The molecule has 0 saturated carbocycles. The van der Waals surface area contributed by atoms with Gasteiger partial charge in [0.2, 0.25) is 0 Å². The summed E-state index contributed by atoms with van der Waals surface area (Å²) < 4.78 is 5.32. The molecule has 1 atom stereocenters. The number of thiazole rings is 1. The van der Waals surface area contributed by atoms with Crippen molar-refractivity contribution in [3.63, 3.8) is 0 Å². The van der Waals surface area contributed by atoms with Gasteiger partial charge >= 0.3 is 0 Å². The molecule has 20 heavy (non-hydrogen) atoms. The van der Waals surface area contributed by atoms with E-state index >= 15 is 0 Å². The number of nitrogens with zero attached hydrogens (tertiary/aromatic N) is 3. The molecule has 0 radical (unpaired) electrons. The van der Waals surface area contributed by atoms with Crippen LogP contribution in [0.5, 0.6) is 0 Å². The van der Waals surface area contributed by atoms with Gasteiger partial charge in [-0.25, -0.2) is 4.98 Å². The molecular weight excluding hydrogens is 272 g/mol. The summed E-state index contributed by atoms with van der Waals surface area (Å²) in [5.41, 5.74) is 8.96. The summed E-state index contributed by atoms with van der Waals surface area (Å²) in [4.78, 5) is 8.65. The van der Waals surface area contributed by atoms with Crippen molar-refractivity contribution in [2.24, 2.45) is 0 Å². The maximum atomic E-state index is 5.63. The van der Waals surface area contributed by atoms with Gasteiger partial charge in [0.1, 0.15) is 5.69 Å². The van der Waals surface area contributed by atoms with Crippen molar-refractivity contribution >= 4 is 16.5 Å². The Morgan fingerprint density at radius 2 is 2.15 bits per heavy atom. The molecule has 5 nitrogen and oxygen atoms in total. The van der Waals surface area contributed by atoms with Gasteiger partial charge in [0, 0.05) is 11.3 Å². The van der Waals surface area contributed by atoms with Crippen LogP contribution in [0.4, 0.5) is 5.13 Å². The summed E-state index contributed by atoms with van der Waals surface area (Å²) in [6.45, 7) is 0. The molecule has 1 aliphatic rings. The van der Waals surface area contributed by atoms with Gasteiger partial charge < -0.3 is 10.3 Å². The van der Waals surface area contributed by atoms with Crippen molar-refractivity contribution in [3.8, 4) is 11.6 Å². The first-order valence-corrected chi connectivity index (χ1v) is 7.32. The second kappa shape index (κ2) is 4.42. The number of anilines is 1. The van der Waals surface area contributed by atoms with E-state index in [1.165, 1.54) is 22.5 Å². The number of rotatable bonds is 2. The van der Waals surface area contributed by atoms with Crippen molar-refractivity contribution in [3.05, 3.63) is 46.6 Å². The van der Waals surface area contributed by atoms with Crippen molar-refractivity contribution in [2.45, 2.75) is 18.8 Å². The lowest BCUT2D eigenvalue weighted by Gasteiger charge is -2.05. The van der Waals surface area contributed by atoms with E-state index in [9.17, 15) is 0 Å². The van der Waals surface area contributed by atoms with E-state index in [0.717, 1.165) is 18.7 Å². The van der Waals surface area contributed by atoms with Crippen LogP contribution in [0.2, 0.25) is 0 Å². The minimum absolute atomic E-state index is 0.222. The van der Waals surface area contributed by atoms with E-state index in [1.807, 2.05) is 5.38 Å². The molecule has 100 valence electrons. The Balaban J connectivity index is 1.70. The molecule has 4 rings (SSSR count). The first kappa shape index (κ1) is 11.6. The molecule has 0 amide bonds. The van der Waals surface area contributed by atoms with E-state index in [-0.39, 0.29) is 5.92 Å². The minimum atomic E-state index is 0.222. The second-order valence-corrected chi connectivity index (χ2v) is 5.71. The molecule has 0 saturated heterocycles. The molecular formula is C14H12N4OS. The van der Waals surface area contributed by atoms with Gasteiger partial charge in [0.05, 0.1) is 0 Å². The Morgan fingerprint density at radius 3 is 3.00 bits per heavy atom. The molecule has 1 aromatic carbocycles. The van der Waals surface area contributed by atoms with Crippen LogP contribution < -0.4 is 5.73 Å². The van der Waals surface area contributed by atoms with Gasteiger partial charge in [-0.2, -0.15) is 4.98 Å². The highest BCUT2D eigenvalue weighted by atomic mass is 32.1. The van der Waals surface area contributed by atoms with Crippen molar-refractivity contribution in [1.82, 2.24) is 15.1 Å². The summed E-state index contributed by atoms with van der Waals surface area (Å²) in [5.74, 6) is 1.40. The van der Waals surface area contributed by atoms with Crippen LogP contribution >= 0.6 is 11.3 Å². The number of hydrogen-bond donors (Lipinski definition) is 1. The number of aryl methyl sites for hydroxylation is 1. The monoisotopic (exact) mass is 284 g/mol. The molecule has 2 aromatic heterocycles. The SMILES string of the molecule is Nc1nc(-c2nc(C3CCc4ccccc43)no2)cs1. The Hall–Kier alpha value is -2.21. The van der Waals surface area contributed by atoms with Gasteiger partial charge in [0.15, 0.2) is 11.0 Å². The number of fused-ring (bicyclic) bond motifs is 1. The maximum Gasteiger partial charge on any atom is 0.277 e. The number of nitrogens with two attached hydrogens (primary N) is 1. The lowest BCUT2D eigenvalue weighted by molar-refractivity contribution is 0.418. The van der Waals surface area contributed by atoms with Crippen LogP contribution in [0.3, 0.4) is 0 Å². The number of hydrogen-bond acceptors (Lipinski definition) is 6. The minimum Gasteiger partial charge on any atom is -0.375 e. The van der Waals surface area contributed by atoms with Gasteiger partial charge in [-0.1, -0.05) is 29.4 Å². The summed E-state index contributed by atoms with van der Waals surface area (Å²) >= 11 is 1.37. The average molecular weight is 284 g/mol. The topological polar surface area (TPSA) is 77.8 Å². The predicted octanol–water partition coefficient (Wildman–Crippen LogP) is 2.85. The second-order valence-electron chi connectivity index (χ2n) is 4.82. The Bertz CT molecular complexity index is 764. The van der Waals surface area contributed by atoms with Gasteiger partial charge in [0.25, 0.3) is 5.89 Å². The molecule has 1 unspecified atom stereocenters. The highest BCUT2D eigenvalue weighted by Gasteiger charge is 2.28. The van der Waals surface area contributed by atoms with E-state index in [0.29, 0.717) is 16.7 Å². The Kier molecular flexibility index (Phi) is 2.56. The maximum absolute atomic E-state index is 5.63. The molecule has 0 spiro atoms. The number of aromatic nitrogens is 3. The average Bonchev–Trinajstić information content (AvgIpc) is 3.15. The first-order chi connectivity index (χ1) is 9.81. The van der Waals surface area contributed by atoms with Crippen molar-refractivity contribution in [1.29, 1.82) is 0 Å². The van der Waals surface area contributed by atoms with Crippen molar-refractivity contribution < 1.29 is 4.52 Å².